The molecule has 2 atom stereocenters. The Balaban J connectivity index is 2.34. The molecule has 100 valence electrons. The Morgan fingerprint density at radius 1 is 1.33 bits per heavy atom. The molecule has 1 aliphatic carbocycles. The Morgan fingerprint density at radius 2 is 2.06 bits per heavy atom. The van der Waals surface area contributed by atoms with Crippen LogP contribution in [0.2, 0.25) is 5.02 Å². The smallest absolute Gasteiger partial charge is 0.183 e. The van der Waals surface area contributed by atoms with Gasteiger partial charge in [-0.1, -0.05) is 30.2 Å². The lowest BCUT2D eigenvalue weighted by Crippen LogP contribution is -2.28. The predicted octanol–water partition coefficient (Wildman–Crippen LogP) is 2.93. The van der Waals surface area contributed by atoms with Crippen molar-refractivity contribution in [1.82, 2.24) is 0 Å². The van der Waals surface area contributed by atoms with Gasteiger partial charge in [-0.25, -0.2) is 8.42 Å². The van der Waals surface area contributed by atoms with E-state index in [1.54, 1.807) is 31.4 Å². The van der Waals surface area contributed by atoms with E-state index < -0.39 is 9.84 Å². The number of methoxy groups -OCH3 is 1. The first-order chi connectivity index (χ1) is 8.57. The van der Waals surface area contributed by atoms with Gasteiger partial charge in [0, 0.05) is 7.11 Å². The summed E-state index contributed by atoms with van der Waals surface area (Å²) in [6, 6.07) is 6.65. The third-order valence-electron chi connectivity index (χ3n) is 3.51. The van der Waals surface area contributed by atoms with Crippen LogP contribution in [0, 0.1) is 5.92 Å². The fourth-order valence-corrected chi connectivity index (χ4v) is 5.25. The van der Waals surface area contributed by atoms with Crippen LogP contribution in [-0.2, 0) is 14.6 Å². The van der Waals surface area contributed by atoms with E-state index >= 15 is 0 Å². The molecule has 1 fully saturated rings. The highest BCUT2D eigenvalue weighted by Gasteiger charge is 2.38. The zero-order valence-electron chi connectivity index (χ0n) is 10.3. The molecule has 5 heteroatoms. The minimum absolute atomic E-state index is 0.0799. The van der Waals surface area contributed by atoms with Gasteiger partial charge in [-0.05, 0) is 30.9 Å². The molecule has 0 heterocycles. The molecular weight excluding hydrogens is 272 g/mol. The first kappa shape index (κ1) is 13.8. The monoisotopic (exact) mass is 288 g/mol. The van der Waals surface area contributed by atoms with Gasteiger partial charge in [0.2, 0.25) is 0 Å². The molecule has 0 saturated heterocycles. The van der Waals surface area contributed by atoms with E-state index in [-0.39, 0.29) is 16.1 Å². The quantitative estimate of drug-likeness (QED) is 0.855. The first-order valence-electron chi connectivity index (χ1n) is 6.04. The second-order valence-corrected chi connectivity index (χ2v) is 7.20. The Hall–Kier alpha value is -0.580. The van der Waals surface area contributed by atoms with Gasteiger partial charge < -0.3 is 4.74 Å². The third-order valence-corrected chi connectivity index (χ3v) is 6.34. The van der Waals surface area contributed by atoms with E-state index in [4.69, 9.17) is 16.3 Å². The van der Waals surface area contributed by atoms with Gasteiger partial charge in [0.25, 0.3) is 0 Å². The highest BCUT2D eigenvalue weighted by molar-refractivity contribution is 7.92. The van der Waals surface area contributed by atoms with Gasteiger partial charge >= 0.3 is 0 Å². The summed E-state index contributed by atoms with van der Waals surface area (Å²) in [5.41, 5.74) is 0. The van der Waals surface area contributed by atoms with E-state index in [0.29, 0.717) is 18.1 Å². The summed E-state index contributed by atoms with van der Waals surface area (Å²) in [5, 5.41) is -0.0575. The average molecular weight is 289 g/mol. The molecule has 0 bridgehead atoms. The van der Waals surface area contributed by atoms with Crippen LogP contribution in [0.25, 0.3) is 0 Å². The predicted molar refractivity (Wildman–Crippen MR) is 71.6 cm³/mol. The molecule has 0 spiro atoms. The maximum Gasteiger partial charge on any atom is 0.183 e. The van der Waals surface area contributed by atoms with Crippen molar-refractivity contribution in [3.63, 3.8) is 0 Å². The van der Waals surface area contributed by atoms with Crippen molar-refractivity contribution in [2.24, 2.45) is 5.92 Å². The lowest BCUT2D eigenvalue weighted by molar-refractivity contribution is 0.156. The molecule has 1 aromatic rings. The third kappa shape index (κ3) is 2.56. The van der Waals surface area contributed by atoms with Crippen LogP contribution in [0.1, 0.15) is 19.3 Å². The Labute approximate surface area is 113 Å². The van der Waals surface area contributed by atoms with Crippen molar-refractivity contribution < 1.29 is 13.2 Å². The van der Waals surface area contributed by atoms with Crippen LogP contribution in [-0.4, -0.2) is 27.4 Å². The number of sulfone groups is 1. The zero-order valence-corrected chi connectivity index (χ0v) is 11.9. The highest BCUT2D eigenvalue weighted by atomic mass is 35.5. The van der Waals surface area contributed by atoms with Crippen molar-refractivity contribution in [3.8, 4) is 0 Å². The van der Waals surface area contributed by atoms with E-state index in [1.165, 1.54) is 0 Å². The SMILES string of the molecule is COC[C@@H]1CCC[C@H]1S(=O)(=O)c1ccccc1Cl. The number of hydrogen-bond donors (Lipinski definition) is 0. The van der Waals surface area contributed by atoms with Crippen LogP contribution in [0.3, 0.4) is 0 Å². The molecule has 3 nitrogen and oxygen atoms in total. The maximum atomic E-state index is 12.6. The van der Waals surface area contributed by atoms with Crippen LogP contribution in [0.4, 0.5) is 0 Å². The summed E-state index contributed by atoms with van der Waals surface area (Å²) >= 11 is 6.00. The van der Waals surface area contributed by atoms with Gasteiger partial charge in [-0.15, -0.1) is 0 Å². The van der Waals surface area contributed by atoms with E-state index in [9.17, 15) is 8.42 Å². The van der Waals surface area contributed by atoms with E-state index in [1.807, 2.05) is 0 Å². The van der Waals surface area contributed by atoms with Crippen LogP contribution in [0.15, 0.2) is 29.2 Å². The van der Waals surface area contributed by atoms with Gasteiger partial charge in [0.05, 0.1) is 21.8 Å². The number of rotatable bonds is 4. The van der Waals surface area contributed by atoms with E-state index in [0.717, 1.165) is 12.8 Å². The van der Waals surface area contributed by atoms with Gasteiger partial charge in [0.1, 0.15) is 0 Å². The van der Waals surface area contributed by atoms with Crippen molar-refractivity contribution in [1.29, 1.82) is 0 Å². The molecule has 2 rings (SSSR count). The normalized spacial score (nSPS) is 24.3. The van der Waals surface area contributed by atoms with E-state index in [2.05, 4.69) is 0 Å². The van der Waals surface area contributed by atoms with Crippen molar-refractivity contribution in [2.75, 3.05) is 13.7 Å². The van der Waals surface area contributed by atoms with Crippen LogP contribution in [0.5, 0.6) is 0 Å². The first-order valence-corrected chi connectivity index (χ1v) is 7.97. The van der Waals surface area contributed by atoms with Gasteiger partial charge in [0.15, 0.2) is 9.84 Å². The van der Waals surface area contributed by atoms with Gasteiger partial charge in [-0.2, -0.15) is 0 Å². The minimum atomic E-state index is -3.35. The fraction of sp³-hybridized carbons (Fsp3) is 0.538. The molecule has 0 unspecified atom stereocenters. The second kappa shape index (κ2) is 5.59. The summed E-state index contributed by atoms with van der Waals surface area (Å²) in [6.45, 7) is 0.494. The maximum absolute atomic E-state index is 12.6. The summed E-state index contributed by atoms with van der Waals surface area (Å²) in [5.74, 6) is 0.0799. The highest BCUT2D eigenvalue weighted by Crippen LogP contribution is 2.36. The Bertz CT molecular complexity index is 513. The average Bonchev–Trinajstić information content (AvgIpc) is 2.79. The second-order valence-electron chi connectivity index (χ2n) is 4.66. The van der Waals surface area contributed by atoms with Crippen molar-refractivity contribution in [2.45, 2.75) is 29.4 Å². The molecular formula is C13H17ClO3S. The summed E-state index contributed by atoms with van der Waals surface area (Å²) < 4.78 is 30.3. The van der Waals surface area contributed by atoms with Crippen LogP contribution < -0.4 is 0 Å². The summed E-state index contributed by atoms with van der Waals surface area (Å²) in [7, 11) is -1.74. The molecule has 1 aliphatic rings. The number of ether oxygens (including phenoxy) is 1. The molecule has 18 heavy (non-hydrogen) atoms. The summed E-state index contributed by atoms with van der Waals surface area (Å²) in [6.07, 6.45) is 2.53. The fourth-order valence-electron chi connectivity index (χ4n) is 2.65. The Morgan fingerprint density at radius 3 is 2.72 bits per heavy atom. The summed E-state index contributed by atoms with van der Waals surface area (Å²) in [4.78, 5) is 0.250. The largest absolute Gasteiger partial charge is 0.384 e. The molecule has 0 N–H and O–H groups in total. The van der Waals surface area contributed by atoms with Crippen LogP contribution >= 0.6 is 11.6 Å². The van der Waals surface area contributed by atoms with Crippen molar-refractivity contribution >= 4 is 21.4 Å². The Kier molecular flexibility index (Phi) is 4.30. The van der Waals surface area contributed by atoms with Gasteiger partial charge in [-0.3, -0.25) is 0 Å². The number of hydrogen-bond acceptors (Lipinski definition) is 3. The zero-order chi connectivity index (χ0) is 13.2. The number of benzene rings is 1. The number of halogens is 1. The lowest BCUT2D eigenvalue weighted by atomic mass is 10.1. The topological polar surface area (TPSA) is 43.4 Å². The molecule has 0 aromatic heterocycles. The standard InChI is InChI=1S/C13H17ClO3S/c1-17-9-10-5-4-8-12(10)18(15,16)13-7-3-2-6-11(13)14/h2-3,6-7,10,12H,4-5,8-9H2,1H3/t10-,12+/m0/s1. The minimum Gasteiger partial charge on any atom is -0.384 e. The lowest BCUT2D eigenvalue weighted by Gasteiger charge is -2.19. The molecule has 1 saturated carbocycles. The molecule has 0 aliphatic heterocycles. The molecule has 1 aromatic carbocycles. The van der Waals surface area contributed by atoms with Crippen molar-refractivity contribution in [3.05, 3.63) is 29.3 Å². The molecule has 0 radical (unpaired) electrons. The molecule has 0 amide bonds.